The maximum atomic E-state index is 11.9. The van der Waals surface area contributed by atoms with Crippen LogP contribution in [0, 0.1) is 0 Å². The second-order valence-corrected chi connectivity index (χ2v) is 6.30. The highest BCUT2D eigenvalue weighted by molar-refractivity contribution is 7.89. The molecule has 0 aliphatic rings. The third kappa shape index (κ3) is 5.90. The minimum atomic E-state index is -3.42. The summed E-state index contributed by atoms with van der Waals surface area (Å²) in [6.07, 6.45) is 3.31. The number of unbranched alkanes of at least 4 members (excludes halogenated alkanes) is 2. The normalized spacial score (nSPS) is 11.5. The molecule has 0 atom stereocenters. The van der Waals surface area contributed by atoms with E-state index in [-0.39, 0.29) is 4.90 Å². The van der Waals surface area contributed by atoms with Gasteiger partial charge < -0.3 is 10.1 Å². The van der Waals surface area contributed by atoms with Crippen LogP contribution in [0.2, 0.25) is 0 Å². The average molecular weight is 300 g/mol. The molecular weight excluding hydrogens is 276 g/mol. The van der Waals surface area contributed by atoms with E-state index in [4.69, 9.17) is 4.74 Å². The molecule has 0 fully saturated rings. The maximum Gasteiger partial charge on any atom is 0.240 e. The van der Waals surface area contributed by atoms with E-state index in [1.54, 1.807) is 31.3 Å². The smallest absolute Gasteiger partial charge is 0.240 e. The minimum Gasteiger partial charge on any atom is -0.494 e. The van der Waals surface area contributed by atoms with Gasteiger partial charge in [-0.2, -0.15) is 0 Å². The lowest BCUT2D eigenvalue weighted by Crippen LogP contribution is -2.30. The molecule has 6 heteroatoms. The number of ether oxygens (including phenoxy) is 1. The van der Waals surface area contributed by atoms with E-state index < -0.39 is 10.0 Å². The van der Waals surface area contributed by atoms with E-state index >= 15 is 0 Å². The zero-order valence-electron chi connectivity index (χ0n) is 12.2. The van der Waals surface area contributed by atoms with E-state index in [1.165, 1.54) is 0 Å². The summed E-state index contributed by atoms with van der Waals surface area (Å²) >= 11 is 0. The van der Waals surface area contributed by atoms with Gasteiger partial charge in [0.25, 0.3) is 0 Å². The van der Waals surface area contributed by atoms with Crippen molar-refractivity contribution in [2.45, 2.75) is 31.1 Å². The first-order valence-electron chi connectivity index (χ1n) is 6.97. The van der Waals surface area contributed by atoms with Gasteiger partial charge in [0.15, 0.2) is 0 Å². The van der Waals surface area contributed by atoms with Crippen molar-refractivity contribution in [3.63, 3.8) is 0 Å². The fraction of sp³-hybridized carbons (Fsp3) is 0.571. The second-order valence-electron chi connectivity index (χ2n) is 4.53. The summed E-state index contributed by atoms with van der Waals surface area (Å²) in [5.74, 6) is 0.704. The van der Waals surface area contributed by atoms with Gasteiger partial charge in [-0.1, -0.05) is 19.8 Å². The lowest BCUT2D eigenvalue weighted by atomic mass is 10.3. The van der Waals surface area contributed by atoms with Gasteiger partial charge in [0.1, 0.15) is 5.75 Å². The monoisotopic (exact) mass is 300 g/mol. The number of likely N-dealkylation sites (N-methyl/N-ethyl adjacent to an activating group) is 1. The quantitative estimate of drug-likeness (QED) is 0.646. The summed E-state index contributed by atoms with van der Waals surface area (Å²) in [4.78, 5) is 0.259. The fourth-order valence-corrected chi connectivity index (χ4v) is 2.68. The van der Waals surface area contributed by atoms with Gasteiger partial charge in [-0.25, -0.2) is 13.1 Å². The Morgan fingerprint density at radius 1 is 1.10 bits per heavy atom. The summed E-state index contributed by atoms with van der Waals surface area (Å²) in [6.45, 7) is 3.77. The van der Waals surface area contributed by atoms with Gasteiger partial charge in [-0.05, 0) is 37.7 Å². The Bertz CT molecular complexity index is 472. The number of rotatable bonds is 10. The van der Waals surface area contributed by atoms with Gasteiger partial charge in [-0.3, -0.25) is 0 Å². The van der Waals surface area contributed by atoms with E-state index in [0.29, 0.717) is 25.4 Å². The van der Waals surface area contributed by atoms with E-state index in [9.17, 15) is 8.42 Å². The van der Waals surface area contributed by atoms with Crippen LogP contribution >= 0.6 is 0 Å². The van der Waals surface area contributed by atoms with Crippen LogP contribution in [-0.2, 0) is 10.0 Å². The van der Waals surface area contributed by atoms with Crippen LogP contribution in [0.3, 0.4) is 0 Å². The molecule has 0 bridgehead atoms. The minimum absolute atomic E-state index is 0.259. The summed E-state index contributed by atoms with van der Waals surface area (Å²) in [7, 11) is -1.65. The van der Waals surface area contributed by atoms with Crippen LogP contribution in [0.15, 0.2) is 29.2 Å². The molecule has 1 rings (SSSR count). The van der Waals surface area contributed by atoms with Crippen molar-refractivity contribution in [2.75, 3.05) is 26.7 Å². The largest absolute Gasteiger partial charge is 0.494 e. The molecular formula is C14H24N2O3S. The molecule has 2 N–H and O–H groups in total. The van der Waals surface area contributed by atoms with Crippen LogP contribution in [0.1, 0.15) is 26.2 Å². The maximum absolute atomic E-state index is 11.9. The zero-order chi connectivity index (χ0) is 14.8. The first-order valence-corrected chi connectivity index (χ1v) is 8.45. The van der Waals surface area contributed by atoms with Crippen molar-refractivity contribution in [1.82, 2.24) is 10.0 Å². The Hall–Kier alpha value is -1.11. The highest BCUT2D eigenvalue weighted by Gasteiger charge is 2.12. The third-order valence-corrected chi connectivity index (χ3v) is 4.29. The molecule has 5 nitrogen and oxygen atoms in total. The second kappa shape index (κ2) is 8.94. The average Bonchev–Trinajstić information content (AvgIpc) is 2.44. The van der Waals surface area contributed by atoms with Crippen LogP contribution < -0.4 is 14.8 Å². The Morgan fingerprint density at radius 3 is 2.40 bits per heavy atom. The van der Waals surface area contributed by atoms with Crippen molar-refractivity contribution in [1.29, 1.82) is 0 Å². The van der Waals surface area contributed by atoms with Crippen molar-refractivity contribution < 1.29 is 13.2 Å². The predicted molar refractivity (Wildman–Crippen MR) is 80.6 cm³/mol. The number of hydrogen-bond acceptors (Lipinski definition) is 4. The van der Waals surface area contributed by atoms with Crippen molar-refractivity contribution >= 4 is 10.0 Å². The molecule has 0 aliphatic carbocycles. The standard InChI is InChI=1S/C14H24N2O3S/c1-3-4-5-12-19-13-6-8-14(9-7-13)20(17,18)16-11-10-15-2/h6-9,15-16H,3-5,10-12H2,1-2H3. The van der Waals surface area contributed by atoms with Gasteiger partial charge in [0.2, 0.25) is 10.0 Å². The van der Waals surface area contributed by atoms with E-state index in [0.717, 1.165) is 19.3 Å². The number of hydrogen-bond donors (Lipinski definition) is 2. The molecule has 0 saturated carbocycles. The van der Waals surface area contributed by atoms with Gasteiger partial charge in [0.05, 0.1) is 11.5 Å². The summed E-state index contributed by atoms with van der Waals surface area (Å²) in [6, 6.07) is 6.52. The Morgan fingerprint density at radius 2 is 1.80 bits per heavy atom. The Balaban J connectivity index is 2.52. The number of benzene rings is 1. The van der Waals surface area contributed by atoms with Gasteiger partial charge >= 0.3 is 0 Å². The van der Waals surface area contributed by atoms with Crippen molar-refractivity contribution in [2.24, 2.45) is 0 Å². The van der Waals surface area contributed by atoms with Crippen molar-refractivity contribution in [3.8, 4) is 5.75 Å². The molecule has 1 aromatic rings. The Kier molecular flexibility index (Phi) is 7.58. The molecule has 1 aromatic carbocycles. The first kappa shape index (κ1) is 16.9. The summed E-state index contributed by atoms with van der Waals surface area (Å²) in [5.41, 5.74) is 0. The topological polar surface area (TPSA) is 67.4 Å². The highest BCUT2D eigenvalue weighted by atomic mass is 32.2. The molecule has 114 valence electrons. The molecule has 0 aliphatic heterocycles. The zero-order valence-corrected chi connectivity index (χ0v) is 13.0. The summed E-state index contributed by atoms with van der Waals surface area (Å²) < 4.78 is 31.9. The predicted octanol–water partition coefficient (Wildman–Crippen LogP) is 1.75. The lowest BCUT2D eigenvalue weighted by molar-refractivity contribution is 0.306. The van der Waals surface area contributed by atoms with Crippen LogP contribution in [0.4, 0.5) is 0 Å². The molecule has 0 saturated heterocycles. The molecule has 20 heavy (non-hydrogen) atoms. The summed E-state index contributed by atoms with van der Waals surface area (Å²) in [5, 5.41) is 2.89. The van der Waals surface area contributed by atoms with E-state index in [2.05, 4.69) is 17.0 Å². The molecule has 0 amide bonds. The Labute approximate surface area is 121 Å². The number of sulfonamides is 1. The fourth-order valence-electron chi connectivity index (χ4n) is 1.65. The third-order valence-electron chi connectivity index (χ3n) is 2.82. The molecule has 0 aromatic heterocycles. The highest BCUT2D eigenvalue weighted by Crippen LogP contribution is 2.16. The lowest BCUT2D eigenvalue weighted by Gasteiger charge is -2.08. The van der Waals surface area contributed by atoms with Gasteiger partial charge in [0, 0.05) is 13.1 Å². The van der Waals surface area contributed by atoms with Crippen LogP contribution in [0.25, 0.3) is 0 Å². The van der Waals surface area contributed by atoms with Crippen LogP contribution in [-0.4, -0.2) is 35.2 Å². The van der Waals surface area contributed by atoms with E-state index in [1.807, 2.05) is 0 Å². The molecule has 0 radical (unpaired) electrons. The first-order chi connectivity index (χ1) is 9.60. The number of nitrogens with one attached hydrogen (secondary N) is 2. The SMILES string of the molecule is CCCCCOc1ccc(S(=O)(=O)NCCNC)cc1. The molecule has 0 heterocycles. The van der Waals surface area contributed by atoms with Crippen molar-refractivity contribution in [3.05, 3.63) is 24.3 Å². The van der Waals surface area contributed by atoms with Gasteiger partial charge in [-0.15, -0.1) is 0 Å². The molecule has 0 spiro atoms. The van der Waals surface area contributed by atoms with Crippen LogP contribution in [0.5, 0.6) is 5.75 Å². The molecule has 0 unspecified atom stereocenters.